The van der Waals surface area contributed by atoms with Gasteiger partial charge in [-0.05, 0) is 24.3 Å². The van der Waals surface area contributed by atoms with Crippen LogP contribution in [0.15, 0.2) is 36.9 Å². The number of ether oxygens (including phenoxy) is 1. The van der Waals surface area contributed by atoms with Gasteiger partial charge >= 0.3 is 5.97 Å². The van der Waals surface area contributed by atoms with Crippen molar-refractivity contribution in [1.82, 2.24) is 4.90 Å². The van der Waals surface area contributed by atoms with E-state index in [2.05, 4.69) is 6.58 Å². The van der Waals surface area contributed by atoms with E-state index in [1.165, 1.54) is 30.3 Å². The summed E-state index contributed by atoms with van der Waals surface area (Å²) in [6.45, 7) is 2.95. The Balaban J connectivity index is 2.78. The smallest absolute Gasteiger partial charge is 0.323 e. The summed E-state index contributed by atoms with van der Waals surface area (Å²) in [7, 11) is 0. The van der Waals surface area contributed by atoms with Crippen molar-refractivity contribution in [2.45, 2.75) is 0 Å². The number of carbonyl (C=O) groups excluding carboxylic acids is 2. The summed E-state index contributed by atoms with van der Waals surface area (Å²) < 4.78 is 5.06. The van der Waals surface area contributed by atoms with Gasteiger partial charge in [0.2, 0.25) is 0 Å². The highest BCUT2D eigenvalue weighted by molar-refractivity contribution is 5.96. The van der Waals surface area contributed by atoms with Crippen molar-refractivity contribution in [1.29, 1.82) is 0 Å². The number of rotatable bonds is 8. The van der Waals surface area contributed by atoms with Crippen molar-refractivity contribution in [3.63, 3.8) is 0 Å². The molecule has 0 unspecified atom stereocenters. The van der Waals surface area contributed by atoms with Crippen LogP contribution in [-0.2, 0) is 9.59 Å². The molecule has 0 bridgehead atoms. The van der Waals surface area contributed by atoms with E-state index >= 15 is 0 Å². The fourth-order valence-corrected chi connectivity index (χ4v) is 1.57. The van der Waals surface area contributed by atoms with E-state index in [9.17, 15) is 14.4 Å². The predicted octanol–water partition coefficient (Wildman–Crippen LogP) is 0.264. The lowest BCUT2D eigenvalue weighted by Gasteiger charge is -2.18. The lowest BCUT2D eigenvalue weighted by molar-refractivity contribution is -0.137. The molecule has 0 spiro atoms. The van der Waals surface area contributed by atoms with Crippen LogP contribution in [0.2, 0.25) is 0 Å². The fraction of sp³-hybridized carbons (Fsp3) is 0.214. The van der Waals surface area contributed by atoms with Gasteiger partial charge in [0, 0.05) is 12.1 Å². The number of nitrogens with two attached hydrogens (primary N) is 1. The van der Waals surface area contributed by atoms with Gasteiger partial charge in [-0.2, -0.15) is 0 Å². The van der Waals surface area contributed by atoms with Gasteiger partial charge in [-0.1, -0.05) is 6.08 Å². The van der Waals surface area contributed by atoms with Gasteiger partial charge in [0.05, 0.1) is 0 Å². The van der Waals surface area contributed by atoms with Crippen LogP contribution >= 0.6 is 0 Å². The van der Waals surface area contributed by atoms with E-state index in [1.54, 1.807) is 0 Å². The van der Waals surface area contributed by atoms with Crippen molar-refractivity contribution >= 4 is 17.8 Å². The molecule has 1 rings (SSSR count). The topological polar surface area (TPSA) is 110 Å². The van der Waals surface area contributed by atoms with Crippen molar-refractivity contribution in [3.8, 4) is 5.75 Å². The zero-order chi connectivity index (χ0) is 15.8. The lowest BCUT2D eigenvalue weighted by atomic mass is 10.2. The molecule has 7 nitrogen and oxygen atoms in total. The normalized spacial score (nSPS) is 9.71. The zero-order valence-electron chi connectivity index (χ0n) is 11.3. The van der Waals surface area contributed by atoms with Gasteiger partial charge in [0.25, 0.3) is 11.8 Å². The molecule has 0 aromatic heterocycles. The molecule has 0 aliphatic carbocycles. The standard InChI is InChI=1S/C14H16N2O5/c1-2-7-16(8-13(18)19)14(20)10-3-5-11(6-4-10)21-9-12(15)17/h2-6H,1,7-9H2,(H2,15,17)(H,18,19). The van der Waals surface area contributed by atoms with Crippen LogP contribution in [0.3, 0.4) is 0 Å². The highest BCUT2D eigenvalue weighted by Gasteiger charge is 2.17. The first-order chi connectivity index (χ1) is 9.93. The first-order valence-electron chi connectivity index (χ1n) is 6.07. The number of hydrogen-bond acceptors (Lipinski definition) is 4. The van der Waals surface area contributed by atoms with Crippen LogP contribution in [0.1, 0.15) is 10.4 Å². The third-order valence-corrected chi connectivity index (χ3v) is 2.45. The summed E-state index contributed by atoms with van der Waals surface area (Å²) >= 11 is 0. The molecule has 3 N–H and O–H groups in total. The largest absolute Gasteiger partial charge is 0.484 e. The van der Waals surface area contributed by atoms with Crippen molar-refractivity contribution < 1.29 is 24.2 Å². The average molecular weight is 292 g/mol. The molecule has 21 heavy (non-hydrogen) atoms. The summed E-state index contributed by atoms with van der Waals surface area (Å²) in [6, 6.07) is 5.97. The summed E-state index contributed by atoms with van der Waals surface area (Å²) in [5, 5.41) is 8.78. The van der Waals surface area contributed by atoms with Crippen LogP contribution in [0.25, 0.3) is 0 Å². The molecule has 1 aromatic rings. The Labute approximate surface area is 121 Å². The molecule has 0 fully saturated rings. The number of nitrogens with zero attached hydrogens (tertiary/aromatic N) is 1. The van der Waals surface area contributed by atoms with Gasteiger partial charge in [0.15, 0.2) is 6.61 Å². The maximum atomic E-state index is 12.1. The highest BCUT2D eigenvalue weighted by atomic mass is 16.5. The molecule has 112 valence electrons. The minimum absolute atomic E-state index is 0.130. The van der Waals surface area contributed by atoms with Crippen LogP contribution < -0.4 is 10.5 Å². The minimum atomic E-state index is -1.10. The number of aliphatic carboxylic acids is 1. The van der Waals surface area contributed by atoms with Crippen LogP contribution in [0.4, 0.5) is 0 Å². The molecule has 0 saturated heterocycles. The van der Waals surface area contributed by atoms with Crippen LogP contribution in [-0.4, -0.2) is 47.5 Å². The number of benzene rings is 1. The van der Waals surface area contributed by atoms with Crippen LogP contribution in [0.5, 0.6) is 5.75 Å². The Morgan fingerprint density at radius 1 is 1.29 bits per heavy atom. The number of amides is 2. The maximum absolute atomic E-state index is 12.1. The second-order valence-electron chi connectivity index (χ2n) is 4.15. The Morgan fingerprint density at radius 2 is 1.90 bits per heavy atom. The Morgan fingerprint density at radius 3 is 2.38 bits per heavy atom. The Hall–Kier alpha value is -2.83. The number of carbonyl (C=O) groups is 3. The third kappa shape index (κ3) is 5.35. The summed E-state index contributed by atoms with van der Waals surface area (Å²) in [5.74, 6) is -1.75. The van der Waals surface area contributed by atoms with Crippen molar-refractivity contribution in [2.75, 3.05) is 19.7 Å². The zero-order valence-corrected chi connectivity index (χ0v) is 11.3. The Bertz CT molecular complexity index is 539. The molecule has 0 atom stereocenters. The van der Waals surface area contributed by atoms with Gasteiger partial charge in [-0.3, -0.25) is 14.4 Å². The molecule has 0 saturated carbocycles. The van der Waals surface area contributed by atoms with E-state index in [1.807, 2.05) is 0 Å². The second kappa shape index (κ2) is 7.68. The lowest BCUT2D eigenvalue weighted by Crippen LogP contribution is -2.35. The minimum Gasteiger partial charge on any atom is -0.484 e. The van der Waals surface area contributed by atoms with E-state index < -0.39 is 24.3 Å². The number of carboxylic acids is 1. The molecule has 0 aliphatic heterocycles. The van der Waals surface area contributed by atoms with Gasteiger partial charge in [-0.25, -0.2) is 0 Å². The summed E-state index contributed by atoms with van der Waals surface area (Å²) in [4.78, 5) is 34.6. The molecule has 0 heterocycles. The first-order valence-corrected chi connectivity index (χ1v) is 6.07. The summed E-state index contributed by atoms with van der Waals surface area (Å²) in [6.07, 6.45) is 1.45. The van der Waals surface area contributed by atoms with Crippen LogP contribution in [0, 0.1) is 0 Å². The Kier molecular flexibility index (Phi) is 5.94. The van der Waals surface area contributed by atoms with Gasteiger partial charge in [0.1, 0.15) is 12.3 Å². The monoisotopic (exact) mass is 292 g/mol. The van der Waals surface area contributed by atoms with E-state index in [0.29, 0.717) is 11.3 Å². The van der Waals surface area contributed by atoms with Gasteiger partial charge < -0.3 is 20.5 Å². The summed E-state index contributed by atoms with van der Waals surface area (Å²) in [5.41, 5.74) is 5.26. The second-order valence-corrected chi connectivity index (χ2v) is 4.15. The number of primary amides is 1. The molecule has 7 heteroatoms. The van der Waals surface area contributed by atoms with E-state index in [4.69, 9.17) is 15.6 Å². The first kappa shape index (κ1) is 16.2. The van der Waals surface area contributed by atoms with Crippen molar-refractivity contribution in [2.24, 2.45) is 5.73 Å². The molecule has 0 radical (unpaired) electrons. The van der Waals surface area contributed by atoms with Gasteiger partial charge in [-0.15, -0.1) is 6.58 Å². The quantitative estimate of drug-likeness (QED) is 0.668. The SMILES string of the molecule is C=CCN(CC(=O)O)C(=O)c1ccc(OCC(N)=O)cc1. The maximum Gasteiger partial charge on any atom is 0.323 e. The molecular weight excluding hydrogens is 276 g/mol. The molecule has 2 amide bonds. The van der Waals surface area contributed by atoms with E-state index in [0.717, 1.165) is 4.90 Å². The number of hydrogen-bond donors (Lipinski definition) is 2. The highest BCUT2D eigenvalue weighted by Crippen LogP contribution is 2.13. The van der Waals surface area contributed by atoms with E-state index in [-0.39, 0.29) is 13.2 Å². The third-order valence-electron chi connectivity index (χ3n) is 2.45. The molecule has 0 aliphatic rings. The molecular formula is C14H16N2O5. The molecule has 1 aromatic carbocycles. The average Bonchev–Trinajstić information content (AvgIpc) is 2.44. The number of carboxylic acid groups (broad SMARTS) is 1. The fourth-order valence-electron chi connectivity index (χ4n) is 1.57. The van der Waals surface area contributed by atoms with Crippen molar-refractivity contribution in [3.05, 3.63) is 42.5 Å². The predicted molar refractivity (Wildman–Crippen MR) is 74.9 cm³/mol.